The van der Waals surface area contributed by atoms with Gasteiger partial charge in [-0.25, -0.2) is 4.68 Å². The van der Waals surface area contributed by atoms with Gasteiger partial charge in [0.05, 0.1) is 24.3 Å². The number of nitrogens with zero attached hydrogens (tertiary/aromatic N) is 7. The minimum Gasteiger partial charge on any atom is -0.335 e. The van der Waals surface area contributed by atoms with Crippen LogP contribution in [0.1, 0.15) is 30.0 Å². The Kier molecular flexibility index (Phi) is 4.01. The lowest BCUT2D eigenvalue weighted by Crippen LogP contribution is -2.31. The van der Waals surface area contributed by atoms with Crippen LogP contribution in [0.5, 0.6) is 0 Å². The smallest absolute Gasteiger partial charge is 0.227 e. The second-order valence-electron chi connectivity index (χ2n) is 6.29. The fourth-order valence-corrected chi connectivity index (χ4v) is 3.35. The highest BCUT2D eigenvalue weighted by Crippen LogP contribution is 2.32. The van der Waals surface area contributed by atoms with Gasteiger partial charge in [-0.15, -0.1) is 5.10 Å². The second kappa shape index (κ2) is 6.46. The Morgan fingerprint density at radius 1 is 1.28 bits per heavy atom. The minimum atomic E-state index is 0.140. The van der Waals surface area contributed by atoms with Gasteiger partial charge in [0.15, 0.2) is 0 Å². The van der Waals surface area contributed by atoms with Crippen molar-refractivity contribution in [2.45, 2.75) is 25.3 Å². The maximum absolute atomic E-state index is 12.8. The lowest BCUT2D eigenvalue weighted by molar-refractivity contribution is -0.131. The summed E-state index contributed by atoms with van der Waals surface area (Å²) in [5, 5.41) is 15.3. The molecule has 1 atom stereocenters. The van der Waals surface area contributed by atoms with E-state index in [1.54, 1.807) is 15.7 Å². The second-order valence-corrected chi connectivity index (χ2v) is 6.29. The molecule has 25 heavy (non-hydrogen) atoms. The molecule has 0 aliphatic carbocycles. The Balaban J connectivity index is 1.46. The molecule has 128 valence electrons. The van der Waals surface area contributed by atoms with Gasteiger partial charge in [-0.2, -0.15) is 5.10 Å². The van der Waals surface area contributed by atoms with E-state index in [2.05, 4.69) is 20.6 Å². The van der Waals surface area contributed by atoms with Crippen LogP contribution in [0.3, 0.4) is 0 Å². The monoisotopic (exact) mass is 337 g/mol. The zero-order valence-corrected chi connectivity index (χ0v) is 14.0. The van der Waals surface area contributed by atoms with Gasteiger partial charge < -0.3 is 4.90 Å². The van der Waals surface area contributed by atoms with Crippen LogP contribution in [0.25, 0.3) is 5.69 Å². The normalized spacial score (nSPS) is 17.2. The summed E-state index contributed by atoms with van der Waals surface area (Å²) in [5.41, 5.74) is 2.97. The zero-order chi connectivity index (χ0) is 17.2. The van der Waals surface area contributed by atoms with E-state index >= 15 is 0 Å². The highest BCUT2D eigenvalue weighted by atomic mass is 16.2. The van der Waals surface area contributed by atoms with Crippen LogP contribution in [0.2, 0.25) is 0 Å². The third kappa shape index (κ3) is 3.15. The molecule has 3 aromatic rings. The molecule has 1 saturated heterocycles. The SMILES string of the molecule is Cn1cc(C2CCCN2C(=O)Cc2ccc(-n3cnnn3)cc2)cn1. The van der Waals surface area contributed by atoms with Crippen LogP contribution >= 0.6 is 0 Å². The van der Waals surface area contributed by atoms with Gasteiger partial charge in [0.25, 0.3) is 0 Å². The molecule has 8 nitrogen and oxygen atoms in total. The third-order valence-corrected chi connectivity index (χ3v) is 4.59. The van der Waals surface area contributed by atoms with E-state index in [-0.39, 0.29) is 11.9 Å². The number of hydrogen-bond donors (Lipinski definition) is 0. The first kappa shape index (κ1) is 15.5. The van der Waals surface area contributed by atoms with Crippen LogP contribution in [-0.4, -0.2) is 47.3 Å². The minimum absolute atomic E-state index is 0.140. The molecule has 0 saturated carbocycles. The largest absolute Gasteiger partial charge is 0.335 e. The number of aryl methyl sites for hydroxylation is 1. The van der Waals surface area contributed by atoms with E-state index in [0.29, 0.717) is 6.42 Å². The molecule has 1 unspecified atom stereocenters. The van der Waals surface area contributed by atoms with Crippen LogP contribution in [0, 0.1) is 0 Å². The number of rotatable bonds is 4. The summed E-state index contributed by atoms with van der Waals surface area (Å²) in [7, 11) is 1.90. The summed E-state index contributed by atoms with van der Waals surface area (Å²) in [4.78, 5) is 14.8. The maximum atomic E-state index is 12.8. The first-order chi connectivity index (χ1) is 12.2. The Bertz CT molecular complexity index is 854. The van der Waals surface area contributed by atoms with Gasteiger partial charge in [-0.05, 0) is 41.0 Å². The molecule has 0 bridgehead atoms. The number of amides is 1. The number of carbonyl (C=O) groups is 1. The van der Waals surface area contributed by atoms with Gasteiger partial charge >= 0.3 is 0 Å². The van der Waals surface area contributed by atoms with E-state index in [1.165, 1.54) is 0 Å². The first-order valence-corrected chi connectivity index (χ1v) is 8.31. The van der Waals surface area contributed by atoms with Gasteiger partial charge in [0, 0.05) is 25.4 Å². The number of likely N-dealkylation sites (tertiary alicyclic amines) is 1. The highest BCUT2D eigenvalue weighted by molar-refractivity contribution is 5.79. The summed E-state index contributed by atoms with van der Waals surface area (Å²) in [6, 6.07) is 7.87. The summed E-state index contributed by atoms with van der Waals surface area (Å²) in [5.74, 6) is 0.154. The fraction of sp³-hybridized carbons (Fsp3) is 0.353. The predicted octanol–water partition coefficient (Wildman–Crippen LogP) is 1.30. The molecule has 3 heterocycles. The number of carbonyl (C=O) groups excluding carboxylic acids is 1. The van der Waals surface area contributed by atoms with Crippen LogP contribution in [0.15, 0.2) is 43.0 Å². The van der Waals surface area contributed by atoms with E-state index in [9.17, 15) is 4.79 Å². The van der Waals surface area contributed by atoms with E-state index in [4.69, 9.17) is 0 Å². The molecule has 1 aliphatic heterocycles. The Hall–Kier alpha value is -3.03. The van der Waals surface area contributed by atoms with Crippen molar-refractivity contribution in [3.05, 3.63) is 54.1 Å². The molecule has 1 aromatic carbocycles. The number of hydrogen-bond acceptors (Lipinski definition) is 5. The summed E-state index contributed by atoms with van der Waals surface area (Å²) >= 11 is 0. The molecule has 0 spiro atoms. The van der Waals surface area contributed by atoms with E-state index in [0.717, 1.165) is 36.2 Å². The maximum Gasteiger partial charge on any atom is 0.227 e. The van der Waals surface area contributed by atoms with Gasteiger partial charge in [-0.3, -0.25) is 9.48 Å². The molecule has 2 aromatic heterocycles. The van der Waals surface area contributed by atoms with Crippen molar-refractivity contribution in [1.82, 2.24) is 34.9 Å². The zero-order valence-electron chi connectivity index (χ0n) is 14.0. The topological polar surface area (TPSA) is 81.7 Å². The molecule has 4 rings (SSSR count). The van der Waals surface area contributed by atoms with Crippen LogP contribution in [0.4, 0.5) is 0 Å². The quantitative estimate of drug-likeness (QED) is 0.717. The third-order valence-electron chi connectivity index (χ3n) is 4.59. The van der Waals surface area contributed by atoms with Crippen molar-refractivity contribution < 1.29 is 4.79 Å². The van der Waals surface area contributed by atoms with E-state index in [1.807, 2.05) is 48.6 Å². The summed E-state index contributed by atoms with van der Waals surface area (Å²) in [6.07, 6.45) is 7.82. The summed E-state index contributed by atoms with van der Waals surface area (Å²) < 4.78 is 3.37. The van der Waals surface area contributed by atoms with Crippen LogP contribution in [-0.2, 0) is 18.3 Å². The van der Waals surface area contributed by atoms with Gasteiger partial charge in [0.2, 0.25) is 5.91 Å². The van der Waals surface area contributed by atoms with Crippen molar-refractivity contribution in [3.63, 3.8) is 0 Å². The Morgan fingerprint density at radius 3 is 2.80 bits per heavy atom. The Morgan fingerprint density at radius 2 is 2.12 bits per heavy atom. The number of tetrazole rings is 1. The molecular formula is C17H19N7O. The lowest BCUT2D eigenvalue weighted by atomic mass is 10.1. The number of aromatic nitrogens is 6. The first-order valence-electron chi connectivity index (χ1n) is 8.31. The van der Waals surface area contributed by atoms with E-state index < -0.39 is 0 Å². The molecule has 0 N–H and O–H groups in total. The lowest BCUT2D eigenvalue weighted by Gasteiger charge is -2.24. The molecular weight excluding hydrogens is 318 g/mol. The average molecular weight is 337 g/mol. The van der Waals surface area contributed by atoms with Gasteiger partial charge in [-0.1, -0.05) is 12.1 Å². The predicted molar refractivity (Wildman–Crippen MR) is 89.8 cm³/mol. The average Bonchev–Trinajstić information content (AvgIpc) is 3.36. The summed E-state index contributed by atoms with van der Waals surface area (Å²) in [6.45, 7) is 0.807. The molecule has 1 amide bonds. The molecule has 0 radical (unpaired) electrons. The molecule has 1 fully saturated rings. The van der Waals surface area contributed by atoms with Crippen molar-refractivity contribution in [2.75, 3.05) is 6.54 Å². The standard InChI is InChI=1S/C17H19N7O/c1-22-11-14(10-19-22)16-3-2-8-23(16)17(25)9-13-4-6-15(7-5-13)24-12-18-20-21-24/h4-7,10-12,16H,2-3,8-9H2,1H3. The Labute approximate surface area is 145 Å². The van der Waals surface area contributed by atoms with Crippen LogP contribution < -0.4 is 0 Å². The fourth-order valence-electron chi connectivity index (χ4n) is 3.35. The number of benzene rings is 1. The van der Waals surface area contributed by atoms with Gasteiger partial charge in [0.1, 0.15) is 6.33 Å². The van der Waals surface area contributed by atoms with Crippen molar-refractivity contribution in [1.29, 1.82) is 0 Å². The van der Waals surface area contributed by atoms with Crippen molar-refractivity contribution in [3.8, 4) is 5.69 Å². The molecule has 8 heteroatoms. The highest BCUT2D eigenvalue weighted by Gasteiger charge is 2.30. The van der Waals surface area contributed by atoms with Crippen molar-refractivity contribution in [2.24, 2.45) is 7.05 Å². The molecule has 1 aliphatic rings. The van der Waals surface area contributed by atoms with Crippen molar-refractivity contribution >= 4 is 5.91 Å².